The molecule has 0 spiro atoms. The molecule has 1 heterocycles. The Morgan fingerprint density at radius 1 is 1.69 bits per heavy atom. The number of aryl methyl sites for hydroxylation is 1. The van der Waals surface area contributed by atoms with Gasteiger partial charge in [-0.05, 0) is 19.3 Å². The van der Waals surface area contributed by atoms with E-state index in [9.17, 15) is 4.79 Å². The Kier molecular flexibility index (Phi) is 5.52. The minimum atomic E-state index is -0.186. The number of halogens is 1. The van der Waals surface area contributed by atoms with Crippen LogP contribution in [-0.4, -0.2) is 22.9 Å². The van der Waals surface area contributed by atoms with E-state index in [0.29, 0.717) is 12.5 Å². The van der Waals surface area contributed by atoms with Gasteiger partial charge in [0.15, 0.2) is 0 Å². The summed E-state index contributed by atoms with van der Waals surface area (Å²) in [6, 6.07) is 1.64. The molecule has 1 rings (SSSR count). The van der Waals surface area contributed by atoms with Crippen LogP contribution in [0, 0.1) is 12.8 Å². The fourth-order valence-corrected chi connectivity index (χ4v) is 2.05. The lowest BCUT2D eigenvalue weighted by molar-refractivity contribution is 0.0909. The Hall–Kier alpha value is -0.840. The highest BCUT2D eigenvalue weighted by molar-refractivity contribution is 9.09. The van der Waals surface area contributed by atoms with Crippen LogP contribution in [0.4, 0.5) is 0 Å². The molecule has 0 aliphatic carbocycles. The smallest absolute Gasteiger partial charge is 0.289 e. The van der Waals surface area contributed by atoms with E-state index in [0.717, 1.165) is 23.9 Å². The number of nitrogens with zero attached hydrogens (tertiary/aromatic N) is 1. The molecule has 1 aromatic heterocycles. The number of amides is 1. The van der Waals surface area contributed by atoms with Gasteiger partial charge in [-0.1, -0.05) is 34.4 Å². The van der Waals surface area contributed by atoms with Gasteiger partial charge in [-0.2, -0.15) is 0 Å². The molecular weight excluding hydrogens is 272 g/mol. The summed E-state index contributed by atoms with van der Waals surface area (Å²) in [5.41, 5.74) is 0.720. The molecule has 1 atom stereocenters. The fraction of sp³-hybridized carbons (Fsp3) is 0.636. The van der Waals surface area contributed by atoms with Crippen molar-refractivity contribution in [1.29, 1.82) is 0 Å². The van der Waals surface area contributed by atoms with Gasteiger partial charge in [-0.3, -0.25) is 4.79 Å². The van der Waals surface area contributed by atoms with Gasteiger partial charge in [-0.25, -0.2) is 0 Å². The second-order valence-corrected chi connectivity index (χ2v) is 4.59. The predicted octanol–water partition coefficient (Wildman–Crippen LogP) is 2.52. The van der Waals surface area contributed by atoms with Crippen LogP contribution in [0.1, 0.15) is 36.0 Å². The molecule has 0 aromatic carbocycles. The van der Waals surface area contributed by atoms with E-state index in [2.05, 4.69) is 33.3 Å². The van der Waals surface area contributed by atoms with E-state index in [4.69, 9.17) is 4.52 Å². The van der Waals surface area contributed by atoms with E-state index in [-0.39, 0.29) is 11.7 Å². The molecule has 16 heavy (non-hydrogen) atoms. The first-order valence-electron chi connectivity index (χ1n) is 5.44. The third-order valence-corrected chi connectivity index (χ3v) is 2.96. The van der Waals surface area contributed by atoms with Crippen molar-refractivity contribution in [2.24, 2.45) is 5.92 Å². The minimum Gasteiger partial charge on any atom is -0.351 e. The summed E-state index contributed by atoms with van der Waals surface area (Å²) >= 11 is 3.40. The summed E-state index contributed by atoms with van der Waals surface area (Å²) in [6.07, 6.45) is 2.12. The SMILES string of the molecule is CCC(CCBr)CNC(=O)c1cc(C)no1. The third kappa shape index (κ3) is 3.96. The normalized spacial score (nSPS) is 12.4. The van der Waals surface area contributed by atoms with Crippen molar-refractivity contribution in [3.8, 4) is 0 Å². The van der Waals surface area contributed by atoms with Gasteiger partial charge in [0.1, 0.15) is 0 Å². The summed E-state index contributed by atoms with van der Waals surface area (Å²) in [7, 11) is 0. The Bertz CT molecular complexity index is 338. The molecule has 1 unspecified atom stereocenters. The van der Waals surface area contributed by atoms with Crippen LogP contribution in [0.15, 0.2) is 10.6 Å². The third-order valence-electron chi connectivity index (χ3n) is 2.50. The van der Waals surface area contributed by atoms with Crippen molar-refractivity contribution in [3.05, 3.63) is 17.5 Å². The number of nitrogens with one attached hydrogen (secondary N) is 1. The maximum atomic E-state index is 11.6. The molecule has 0 saturated heterocycles. The number of alkyl halides is 1. The highest BCUT2D eigenvalue weighted by atomic mass is 79.9. The Morgan fingerprint density at radius 2 is 2.44 bits per heavy atom. The second kappa shape index (κ2) is 6.68. The highest BCUT2D eigenvalue weighted by Crippen LogP contribution is 2.09. The van der Waals surface area contributed by atoms with Crippen LogP contribution < -0.4 is 5.32 Å². The first-order valence-corrected chi connectivity index (χ1v) is 6.57. The first-order chi connectivity index (χ1) is 7.67. The summed E-state index contributed by atoms with van der Waals surface area (Å²) in [5, 5.41) is 7.49. The van der Waals surface area contributed by atoms with Crippen molar-refractivity contribution in [2.45, 2.75) is 26.7 Å². The maximum absolute atomic E-state index is 11.6. The van der Waals surface area contributed by atoms with Crippen LogP contribution >= 0.6 is 15.9 Å². The number of aromatic nitrogens is 1. The van der Waals surface area contributed by atoms with Crippen LogP contribution in [0.5, 0.6) is 0 Å². The monoisotopic (exact) mass is 288 g/mol. The Balaban J connectivity index is 2.40. The zero-order chi connectivity index (χ0) is 12.0. The average Bonchev–Trinajstić information content (AvgIpc) is 2.70. The Labute approximate surface area is 104 Å². The number of rotatable bonds is 6. The van der Waals surface area contributed by atoms with Crippen molar-refractivity contribution in [3.63, 3.8) is 0 Å². The molecule has 0 saturated carbocycles. The van der Waals surface area contributed by atoms with Gasteiger partial charge in [0, 0.05) is 17.9 Å². The molecule has 0 radical (unpaired) electrons. The fourth-order valence-electron chi connectivity index (χ4n) is 1.40. The van der Waals surface area contributed by atoms with Gasteiger partial charge in [0.05, 0.1) is 5.69 Å². The molecule has 0 fully saturated rings. The standard InChI is InChI=1S/C11H17BrN2O2/c1-3-9(4-5-12)7-13-11(15)10-6-8(2)14-16-10/h6,9H,3-5,7H2,1-2H3,(H,13,15). The zero-order valence-corrected chi connectivity index (χ0v) is 11.2. The van der Waals surface area contributed by atoms with Crippen LogP contribution in [0.25, 0.3) is 0 Å². The van der Waals surface area contributed by atoms with Gasteiger partial charge in [-0.15, -0.1) is 0 Å². The minimum absolute atomic E-state index is 0.186. The lowest BCUT2D eigenvalue weighted by Crippen LogP contribution is -2.29. The van der Waals surface area contributed by atoms with Crippen molar-refractivity contribution in [1.82, 2.24) is 10.5 Å². The zero-order valence-electron chi connectivity index (χ0n) is 9.62. The van der Waals surface area contributed by atoms with E-state index in [1.807, 2.05) is 0 Å². The number of carbonyl (C=O) groups is 1. The molecule has 1 amide bonds. The molecule has 1 N–H and O–H groups in total. The maximum Gasteiger partial charge on any atom is 0.289 e. The summed E-state index contributed by atoms with van der Waals surface area (Å²) in [6.45, 7) is 4.60. The molecule has 5 heteroatoms. The van der Waals surface area contributed by atoms with E-state index in [1.54, 1.807) is 13.0 Å². The van der Waals surface area contributed by atoms with Crippen LogP contribution in [0.2, 0.25) is 0 Å². The summed E-state index contributed by atoms with van der Waals surface area (Å²) < 4.78 is 4.88. The average molecular weight is 289 g/mol. The van der Waals surface area contributed by atoms with Crippen molar-refractivity contribution >= 4 is 21.8 Å². The Morgan fingerprint density at radius 3 is 2.94 bits per heavy atom. The van der Waals surface area contributed by atoms with Gasteiger partial charge < -0.3 is 9.84 Å². The molecular formula is C11H17BrN2O2. The van der Waals surface area contributed by atoms with Gasteiger partial charge in [0.25, 0.3) is 5.91 Å². The van der Waals surface area contributed by atoms with Crippen LogP contribution in [-0.2, 0) is 0 Å². The molecule has 0 aliphatic rings. The number of hydrogen-bond donors (Lipinski definition) is 1. The van der Waals surface area contributed by atoms with E-state index < -0.39 is 0 Å². The quantitative estimate of drug-likeness (QED) is 0.819. The molecule has 0 aliphatic heterocycles. The van der Waals surface area contributed by atoms with Crippen molar-refractivity contribution < 1.29 is 9.32 Å². The number of carbonyl (C=O) groups excluding carboxylic acids is 1. The first kappa shape index (κ1) is 13.2. The molecule has 90 valence electrons. The highest BCUT2D eigenvalue weighted by Gasteiger charge is 2.13. The largest absolute Gasteiger partial charge is 0.351 e. The van der Waals surface area contributed by atoms with E-state index in [1.165, 1.54) is 0 Å². The van der Waals surface area contributed by atoms with Gasteiger partial charge >= 0.3 is 0 Å². The summed E-state index contributed by atoms with van der Waals surface area (Å²) in [5.74, 6) is 0.604. The lowest BCUT2D eigenvalue weighted by Gasteiger charge is -2.13. The van der Waals surface area contributed by atoms with Gasteiger partial charge in [0.2, 0.25) is 5.76 Å². The van der Waals surface area contributed by atoms with Crippen LogP contribution in [0.3, 0.4) is 0 Å². The lowest BCUT2D eigenvalue weighted by atomic mass is 10.0. The molecule has 0 bridgehead atoms. The second-order valence-electron chi connectivity index (χ2n) is 3.79. The topological polar surface area (TPSA) is 55.1 Å². The number of hydrogen-bond acceptors (Lipinski definition) is 3. The summed E-state index contributed by atoms with van der Waals surface area (Å²) in [4.78, 5) is 11.6. The molecule has 4 nitrogen and oxygen atoms in total. The van der Waals surface area contributed by atoms with E-state index >= 15 is 0 Å². The van der Waals surface area contributed by atoms with Crippen molar-refractivity contribution in [2.75, 3.05) is 11.9 Å². The predicted molar refractivity (Wildman–Crippen MR) is 65.8 cm³/mol. The molecule has 1 aromatic rings.